The highest BCUT2D eigenvalue weighted by molar-refractivity contribution is 9.10. The molecule has 0 N–H and O–H groups in total. The number of allylic oxidation sites excluding steroid dienone is 1. The van der Waals surface area contributed by atoms with Gasteiger partial charge in [0.1, 0.15) is 10.5 Å². The van der Waals surface area contributed by atoms with Crippen LogP contribution in [-0.4, -0.2) is 18.2 Å². The molecule has 0 amide bonds. The van der Waals surface area contributed by atoms with Crippen molar-refractivity contribution < 1.29 is 8.42 Å². The molecule has 1 aromatic rings. The molecule has 0 unspecified atom stereocenters. The Kier molecular flexibility index (Phi) is 1.85. The summed E-state index contributed by atoms with van der Waals surface area (Å²) in [5.41, 5.74) is 0.661. The third-order valence-electron chi connectivity index (χ3n) is 1.89. The second-order valence-corrected chi connectivity index (χ2v) is 5.49. The number of nitrogens with zero attached hydrogens (tertiary/aromatic N) is 2. The average Bonchev–Trinajstić information content (AvgIpc) is 2.39. The minimum Gasteiger partial charge on any atom is -0.247 e. The van der Waals surface area contributed by atoms with Crippen LogP contribution < -0.4 is 0 Å². The molecule has 0 saturated heterocycles. The first-order valence-electron chi connectivity index (χ1n) is 3.67. The first-order valence-corrected chi connectivity index (χ1v) is 6.12. The van der Waals surface area contributed by atoms with Crippen molar-refractivity contribution in [3.8, 4) is 0 Å². The van der Waals surface area contributed by atoms with E-state index < -0.39 is 9.84 Å². The van der Waals surface area contributed by atoms with Crippen LogP contribution in [0.3, 0.4) is 0 Å². The molecule has 0 aliphatic carbocycles. The predicted molar refractivity (Wildman–Crippen MR) is 52.5 cm³/mol. The van der Waals surface area contributed by atoms with Gasteiger partial charge in [-0.1, -0.05) is 6.08 Å². The summed E-state index contributed by atoms with van der Waals surface area (Å²) in [6.45, 7) is 1.71. The van der Waals surface area contributed by atoms with Crippen molar-refractivity contribution in [2.24, 2.45) is 0 Å². The lowest BCUT2D eigenvalue weighted by Crippen LogP contribution is -2.01. The highest BCUT2D eigenvalue weighted by atomic mass is 79.9. The molecule has 0 bridgehead atoms. The van der Waals surface area contributed by atoms with Crippen molar-refractivity contribution >= 4 is 30.7 Å². The summed E-state index contributed by atoms with van der Waals surface area (Å²) < 4.78 is 25.1. The van der Waals surface area contributed by atoms with Gasteiger partial charge in [0.15, 0.2) is 9.84 Å². The maximum absolute atomic E-state index is 11.5. The monoisotopic (exact) mass is 262 g/mol. The summed E-state index contributed by atoms with van der Waals surface area (Å²) in [5.74, 6) is -0.0480. The summed E-state index contributed by atoms with van der Waals surface area (Å²) in [6.07, 6.45) is 1.60. The van der Waals surface area contributed by atoms with Gasteiger partial charge in [-0.05, 0) is 28.9 Å². The van der Waals surface area contributed by atoms with E-state index in [2.05, 4.69) is 21.0 Å². The van der Waals surface area contributed by atoms with Crippen molar-refractivity contribution in [3.05, 3.63) is 22.4 Å². The highest BCUT2D eigenvalue weighted by Gasteiger charge is 2.31. The zero-order valence-electron chi connectivity index (χ0n) is 6.86. The Morgan fingerprint density at radius 1 is 1.69 bits per heavy atom. The number of hydrogen-bond donors (Lipinski definition) is 0. The molecule has 0 saturated carbocycles. The smallest absolute Gasteiger partial charge is 0.200 e. The molecule has 2 heterocycles. The molecule has 2 rings (SSSR count). The summed E-state index contributed by atoms with van der Waals surface area (Å²) in [4.78, 5) is 0.366. The SMILES string of the molecule is C/C=C1/c2cc(Br)nn2CS1(=O)=O. The predicted octanol–water partition coefficient (Wildman–Crippen LogP) is 1.39. The van der Waals surface area contributed by atoms with Gasteiger partial charge in [-0.3, -0.25) is 0 Å². The Labute approximate surface area is 84.3 Å². The molecule has 0 aromatic carbocycles. The van der Waals surface area contributed by atoms with E-state index >= 15 is 0 Å². The second kappa shape index (κ2) is 2.68. The Hall–Kier alpha value is -0.620. The van der Waals surface area contributed by atoms with Crippen molar-refractivity contribution in [3.63, 3.8) is 0 Å². The molecule has 1 aromatic heterocycles. The van der Waals surface area contributed by atoms with Gasteiger partial charge < -0.3 is 0 Å². The van der Waals surface area contributed by atoms with Crippen LogP contribution in [0, 0.1) is 0 Å². The molecule has 4 nitrogen and oxygen atoms in total. The van der Waals surface area contributed by atoms with Gasteiger partial charge in [-0.25, -0.2) is 13.1 Å². The normalized spacial score (nSPS) is 22.2. The van der Waals surface area contributed by atoms with E-state index in [9.17, 15) is 8.42 Å². The van der Waals surface area contributed by atoms with Crippen molar-refractivity contribution in [2.45, 2.75) is 12.8 Å². The lowest BCUT2D eigenvalue weighted by atomic mass is 10.4. The number of hydrogen-bond acceptors (Lipinski definition) is 3. The molecule has 13 heavy (non-hydrogen) atoms. The second-order valence-electron chi connectivity index (χ2n) is 2.75. The molecule has 0 radical (unpaired) electrons. The highest BCUT2D eigenvalue weighted by Crippen LogP contribution is 2.31. The van der Waals surface area contributed by atoms with Crippen LogP contribution in [0.1, 0.15) is 12.6 Å². The molecular formula is C7H7BrN2O2S. The third kappa shape index (κ3) is 1.24. The van der Waals surface area contributed by atoms with Gasteiger partial charge >= 0.3 is 0 Å². The number of fused-ring (bicyclic) bond motifs is 1. The van der Waals surface area contributed by atoms with Crippen molar-refractivity contribution in [1.29, 1.82) is 0 Å². The van der Waals surface area contributed by atoms with Gasteiger partial charge in [0.25, 0.3) is 0 Å². The molecule has 1 aliphatic rings. The maximum atomic E-state index is 11.5. The van der Waals surface area contributed by atoms with Gasteiger partial charge in [0, 0.05) is 0 Å². The Morgan fingerprint density at radius 2 is 2.38 bits per heavy atom. The molecule has 0 fully saturated rings. The standard InChI is InChI=1S/C7H7BrN2O2S/c1-2-6-5-3-7(8)9-10(5)4-13(6,11)12/h2-3H,4H2,1H3/b6-2-. The average molecular weight is 263 g/mol. The Balaban J connectivity index is 2.70. The van der Waals surface area contributed by atoms with Gasteiger partial charge in [-0.15, -0.1) is 0 Å². The lowest BCUT2D eigenvalue weighted by molar-refractivity contribution is 0.592. The topological polar surface area (TPSA) is 52.0 Å². The third-order valence-corrected chi connectivity index (χ3v) is 3.98. The minimum absolute atomic E-state index is 0.0480. The maximum Gasteiger partial charge on any atom is 0.200 e. The number of halogens is 1. The molecule has 70 valence electrons. The van der Waals surface area contributed by atoms with Gasteiger partial charge in [0.05, 0.1) is 10.6 Å². The van der Waals surface area contributed by atoms with Crippen LogP contribution in [0.2, 0.25) is 0 Å². The Morgan fingerprint density at radius 3 is 3.00 bits per heavy atom. The fourth-order valence-corrected chi connectivity index (χ4v) is 3.31. The van der Waals surface area contributed by atoms with E-state index in [1.807, 2.05) is 0 Å². The van der Waals surface area contributed by atoms with Crippen LogP contribution in [0.4, 0.5) is 0 Å². The molecular weight excluding hydrogens is 256 g/mol. The largest absolute Gasteiger partial charge is 0.247 e. The van der Waals surface area contributed by atoms with Crippen molar-refractivity contribution in [1.82, 2.24) is 9.78 Å². The summed E-state index contributed by atoms with van der Waals surface area (Å²) in [7, 11) is -3.13. The minimum atomic E-state index is -3.13. The van der Waals surface area contributed by atoms with Crippen LogP contribution in [0.5, 0.6) is 0 Å². The molecule has 0 atom stereocenters. The van der Waals surface area contributed by atoms with Crippen LogP contribution in [-0.2, 0) is 15.7 Å². The zero-order valence-corrected chi connectivity index (χ0v) is 9.26. The summed E-state index contributed by atoms with van der Waals surface area (Å²) in [5, 5.41) is 4.00. The van der Waals surface area contributed by atoms with E-state index in [0.717, 1.165) is 0 Å². The van der Waals surface area contributed by atoms with E-state index in [1.165, 1.54) is 4.68 Å². The van der Waals surface area contributed by atoms with Crippen LogP contribution >= 0.6 is 15.9 Å². The van der Waals surface area contributed by atoms with E-state index in [1.54, 1.807) is 19.1 Å². The molecule has 0 spiro atoms. The van der Waals surface area contributed by atoms with E-state index in [4.69, 9.17) is 0 Å². The molecule has 6 heteroatoms. The summed E-state index contributed by atoms with van der Waals surface area (Å²) in [6, 6.07) is 1.71. The fourth-order valence-electron chi connectivity index (χ4n) is 1.40. The van der Waals surface area contributed by atoms with Gasteiger partial charge in [-0.2, -0.15) is 5.10 Å². The molecule has 1 aliphatic heterocycles. The lowest BCUT2D eigenvalue weighted by Gasteiger charge is -1.92. The van der Waals surface area contributed by atoms with E-state index in [0.29, 0.717) is 15.2 Å². The van der Waals surface area contributed by atoms with Crippen molar-refractivity contribution in [2.75, 3.05) is 0 Å². The fraction of sp³-hybridized carbons (Fsp3) is 0.286. The zero-order chi connectivity index (χ0) is 9.64. The van der Waals surface area contributed by atoms with Gasteiger partial charge in [0.2, 0.25) is 0 Å². The number of sulfone groups is 1. The van der Waals surface area contributed by atoms with E-state index in [-0.39, 0.29) is 5.88 Å². The number of aromatic nitrogens is 2. The summed E-state index contributed by atoms with van der Waals surface area (Å²) >= 11 is 3.20. The van der Waals surface area contributed by atoms with Crippen LogP contribution in [0.25, 0.3) is 4.91 Å². The first-order chi connectivity index (χ1) is 6.04. The Bertz CT molecular complexity index is 487. The first kappa shape index (κ1) is 8.96. The van der Waals surface area contributed by atoms with Crippen LogP contribution in [0.15, 0.2) is 16.7 Å². The number of rotatable bonds is 0. The quantitative estimate of drug-likeness (QED) is 0.710.